The number of benzene rings is 1. The van der Waals surface area contributed by atoms with Crippen LogP contribution >= 0.6 is 0 Å². The molecule has 3 amide bonds. The lowest BCUT2D eigenvalue weighted by molar-refractivity contribution is -0.142. The molecule has 1 aromatic carbocycles. The van der Waals surface area contributed by atoms with Crippen LogP contribution in [-0.2, 0) is 19.1 Å². The van der Waals surface area contributed by atoms with Crippen molar-refractivity contribution < 1.29 is 19.1 Å². The Hall–Kier alpha value is -2.71. The van der Waals surface area contributed by atoms with Crippen molar-refractivity contribution in [3.05, 3.63) is 42.0 Å². The third-order valence-corrected chi connectivity index (χ3v) is 11.4. The minimum Gasteiger partial charge on any atom is -0.359 e. The number of amides is 3. The zero-order chi connectivity index (χ0) is 30.5. The predicted molar refractivity (Wildman–Crippen MR) is 167 cm³/mol. The Morgan fingerprint density at radius 3 is 2.49 bits per heavy atom. The summed E-state index contributed by atoms with van der Waals surface area (Å²) in [4.78, 5) is 46.7. The van der Waals surface area contributed by atoms with Gasteiger partial charge >= 0.3 is 0 Å². The highest BCUT2D eigenvalue weighted by atomic mass is 16.5. The van der Waals surface area contributed by atoms with Crippen LogP contribution < -0.4 is 10.6 Å². The third kappa shape index (κ3) is 5.43. The van der Waals surface area contributed by atoms with E-state index in [1.165, 1.54) is 18.4 Å². The lowest BCUT2D eigenvalue weighted by Crippen LogP contribution is -2.58. The highest BCUT2D eigenvalue weighted by Gasteiger charge is 2.72. The third-order valence-electron chi connectivity index (χ3n) is 11.4. The van der Waals surface area contributed by atoms with Crippen LogP contribution in [0, 0.1) is 23.7 Å². The summed E-state index contributed by atoms with van der Waals surface area (Å²) in [6.07, 6.45) is 10.0. The normalized spacial score (nSPS) is 37.2. The van der Waals surface area contributed by atoms with Crippen molar-refractivity contribution >= 4 is 23.4 Å². The zero-order valence-electron chi connectivity index (χ0n) is 26.6. The van der Waals surface area contributed by atoms with Crippen LogP contribution in [-0.4, -0.2) is 77.0 Å². The zero-order valence-corrected chi connectivity index (χ0v) is 26.6. The molecular weight excluding hydrogens is 540 g/mol. The molecule has 4 aliphatic heterocycles. The lowest BCUT2D eigenvalue weighted by Gasteiger charge is -2.39. The van der Waals surface area contributed by atoms with Crippen molar-refractivity contribution in [1.82, 2.24) is 15.1 Å². The molecule has 3 saturated heterocycles. The van der Waals surface area contributed by atoms with Crippen molar-refractivity contribution in [1.29, 1.82) is 0 Å². The van der Waals surface area contributed by atoms with Gasteiger partial charge in [-0.05, 0) is 68.2 Å². The fourth-order valence-corrected chi connectivity index (χ4v) is 8.46. The summed E-state index contributed by atoms with van der Waals surface area (Å²) < 4.78 is 6.58. The average molecular weight is 591 g/mol. The second-order valence-corrected chi connectivity index (χ2v) is 14.3. The second-order valence-electron chi connectivity index (χ2n) is 14.3. The molecular formula is C35H50N4O4. The first-order valence-electron chi connectivity index (χ1n) is 16.7. The van der Waals surface area contributed by atoms with E-state index in [-0.39, 0.29) is 23.8 Å². The maximum Gasteiger partial charge on any atom is 0.246 e. The van der Waals surface area contributed by atoms with Gasteiger partial charge in [-0.15, -0.1) is 0 Å². The van der Waals surface area contributed by atoms with Crippen LogP contribution in [0.3, 0.4) is 0 Å². The minimum absolute atomic E-state index is 0.0706. The first-order chi connectivity index (χ1) is 20.6. The largest absolute Gasteiger partial charge is 0.359 e. The van der Waals surface area contributed by atoms with Crippen LogP contribution in [0.5, 0.6) is 0 Å². The summed E-state index contributed by atoms with van der Waals surface area (Å²) in [5, 5.41) is 6.42. The molecule has 8 nitrogen and oxygen atoms in total. The molecule has 1 spiro atoms. The number of carbonyl (C=O) groups is 3. The van der Waals surface area contributed by atoms with Crippen LogP contribution in [0.15, 0.2) is 36.4 Å². The maximum absolute atomic E-state index is 14.4. The number of hydrogen-bond donors (Lipinski definition) is 2. The molecule has 0 unspecified atom stereocenters. The number of rotatable bonds is 8. The Labute approximate surface area is 257 Å². The molecule has 8 heteroatoms. The molecule has 0 aromatic heterocycles. The Kier molecular flexibility index (Phi) is 8.46. The summed E-state index contributed by atoms with van der Waals surface area (Å²) in [6, 6.07) is 7.61. The predicted octanol–water partition coefficient (Wildman–Crippen LogP) is 4.71. The fraction of sp³-hybridized carbons (Fsp3) is 0.686. The van der Waals surface area contributed by atoms with E-state index in [4.69, 9.17) is 4.74 Å². The van der Waals surface area contributed by atoms with Crippen molar-refractivity contribution in [2.24, 2.45) is 23.7 Å². The van der Waals surface area contributed by atoms with Gasteiger partial charge in [0.1, 0.15) is 11.6 Å². The number of hydrogen-bond acceptors (Lipinski definition) is 5. The summed E-state index contributed by atoms with van der Waals surface area (Å²) >= 11 is 0. The molecule has 5 aliphatic rings. The lowest BCUT2D eigenvalue weighted by atomic mass is 9.73. The number of nitrogens with one attached hydrogen (secondary N) is 2. The van der Waals surface area contributed by atoms with Crippen molar-refractivity contribution in [2.75, 3.05) is 25.0 Å². The van der Waals surface area contributed by atoms with Gasteiger partial charge in [0.05, 0.1) is 17.9 Å². The standard InChI is InChI=1S/C35H50N4O4/c1-21(2)25-12-14-26(15-13-25)36-32(40)29-28-16-17-35(43-28)30(29)34(42)39(20-19-38-18-7-6-10-23(38)4)31(35)33(41)37-27-11-8-9-22(3)24(27)5/h12-17,21-24,27-31H,6-11,18-20H2,1-5H3,(H,36,40)(H,37,41)/t22-,23-,24+,27+,28+,29-,30+,31+,35+/m0/s1. The molecule has 1 aromatic rings. The van der Waals surface area contributed by atoms with Crippen LogP contribution in [0.25, 0.3) is 0 Å². The van der Waals surface area contributed by atoms with E-state index in [0.717, 1.165) is 32.2 Å². The van der Waals surface area contributed by atoms with Crippen molar-refractivity contribution in [2.45, 2.75) is 109 Å². The minimum atomic E-state index is -1.13. The SMILES string of the molecule is CC(C)c1ccc(NC(=O)[C@H]2[C@H]3C=C[C@@]4(O3)[C@H]2C(=O)N(CCN2CCCC[C@@H]2C)[C@@H]4C(=O)N[C@@H]2CCC[C@H](C)[C@H]2C)cc1. The number of fused-ring (bicyclic) bond motifs is 1. The highest BCUT2D eigenvalue weighted by molar-refractivity contribution is 6.02. The van der Waals surface area contributed by atoms with E-state index in [9.17, 15) is 14.4 Å². The van der Waals surface area contributed by atoms with Gasteiger partial charge in [0, 0.05) is 30.9 Å². The van der Waals surface area contributed by atoms with E-state index >= 15 is 0 Å². The number of ether oxygens (including phenoxy) is 1. The van der Waals surface area contributed by atoms with Gasteiger partial charge in [-0.1, -0.05) is 71.2 Å². The summed E-state index contributed by atoms with van der Waals surface area (Å²) in [5.74, 6) is -0.643. The molecule has 234 valence electrons. The molecule has 4 fully saturated rings. The summed E-state index contributed by atoms with van der Waals surface area (Å²) in [5.41, 5.74) is 0.765. The number of likely N-dealkylation sites (tertiary alicyclic amines) is 2. The molecule has 9 atom stereocenters. The van der Waals surface area contributed by atoms with Gasteiger partial charge in [-0.25, -0.2) is 0 Å². The Balaban J connectivity index is 1.26. The molecule has 0 radical (unpaired) electrons. The monoisotopic (exact) mass is 590 g/mol. The molecule has 4 heterocycles. The summed E-state index contributed by atoms with van der Waals surface area (Å²) in [7, 11) is 0. The Bertz CT molecular complexity index is 1250. The first kappa shape index (κ1) is 30.3. The van der Waals surface area contributed by atoms with Crippen LogP contribution in [0.4, 0.5) is 5.69 Å². The van der Waals surface area contributed by atoms with Crippen molar-refractivity contribution in [3.8, 4) is 0 Å². The van der Waals surface area contributed by atoms with Gasteiger partial charge in [-0.2, -0.15) is 0 Å². The topological polar surface area (TPSA) is 91.0 Å². The van der Waals surface area contributed by atoms with Gasteiger partial charge < -0.3 is 20.3 Å². The van der Waals surface area contributed by atoms with Gasteiger partial charge in [0.2, 0.25) is 17.7 Å². The number of anilines is 1. The average Bonchev–Trinajstić information content (AvgIpc) is 3.62. The Morgan fingerprint density at radius 1 is 1.00 bits per heavy atom. The van der Waals surface area contributed by atoms with Gasteiger partial charge in [-0.3, -0.25) is 19.3 Å². The van der Waals surface area contributed by atoms with Crippen LogP contribution in [0.2, 0.25) is 0 Å². The smallest absolute Gasteiger partial charge is 0.246 e. The van der Waals surface area contributed by atoms with Gasteiger partial charge in [0.15, 0.2) is 0 Å². The van der Waals surface area contributed by atoms with E-state index < -0.39 is 29.6 Å². The molecule has 1 saturated carbocycles. The first-order valence-corrected chi connectivity index (χ1v) is 16.7. The molecule has 1 aliphatic carbocycles. The summed E-state index contributed by atoms with van der Waals surface area (Å²) in [6.45, 7) is 13.2. The fourth-order valence-electron chi connectivity index (χ4n) is 8.46. The molecule has 2 bridgehead atoms. The van der Waals surface area contributed by atoms with Gasteiger partial charge in [0.25, 0.3) is 0 Å². The second kappa shape index (κ2) is 12.0. The highest BCUT2D eigenvalue weighted by Crippen LogP contribution is 2.55. The van der Waals surface area contributed by atoms with Crippen molar-refractivity contribution in [3.63, 3.8) is 0 Å². The number of nitrogens with zero attached hydrogens (tertiary/aromatic N) is 2. The van der Waals surface area contributed by atoms with E-state index in [0.29, 0.717) is 42.6 Å². The van der Waals surface area contributed by atoms with E-state index in [1.54, 1.807) is 4.90 Å². The molecule has 6 rings (SSSR count). The van der Waals surface area contributed by atoms with E-state index in [2.05, 4.69) is 50.2 Å². The molecule has 2 N–H and O–H groups in total. The number of carbonyl (C=O) groups excluding carboxylic acids is 3. The number of piperidine rings is 1. The van der Waals surface area contributed by atoms with E-state index in [1.807, 2.05) is 36.4 Å². The quantitative estimate of drug-likeness (QED) is 0.428. The van der Waals surface area contributed by atoms with Crippen LogP contribution in [0.1, 0.15) is 84.6 Å². The Morgan fingerprint density at radius 2 is 1.77 bits per heavy atom. The molecule has 43 heavy (non-hydrogen) atoms. The maximum atomic E-state index is 14.4.